The Balaban J connectivity index is 1.42. The van der Waals surface area contributed by atoms with Crippen LogP contribution < -0.4 is 4.90 Å². The lowest BCUT2D eigenvalue weighted by molar-refractivity contribution is -0.138. The van der Waals surface area contributed by atoms with Gasteiger partial charge in [-0.25, -0.2) is 4.68 Å². The van der Waals surface area contributed by atoms with Crippen LogP contribution in [0.1, 0.15) is 30.2 Å². The summed E-state index contributed by atoms with van der Waals surface area (Å²) in [5.74, 6) is 2.39. The lowest BCUT2D eigenvalue weighted by atomic mass is 10.1. The Labute approximate surface area is 294 Å². The first-order valence-corrected chi connectivity index (χ1v) is 18.7. The Hall–Kier alpha value is -2.29. The van der Waals surface area contributed by atoms with Gasteiger partial charge in [0.05, 0.1) is 82.0 Å². The zero-order valence-corrected chi connectivity index (χ0v) is 29.5. The van der Waals surface area contributed by atoms with E-state index in [0.29, 0.717) is 50.3 Å². The molecule has 2 aromatic heterocycles. The van der Waals surface area contributed by atoms with Crippen molar-refractivity contribution in [1.82, 2.24) is 19.7 Å². The van der Waals surface area contributed by atoms with Crippen molar-refractivity contribution >= 4 is 45.2 Å². The minimum atomic E-state index is -4.58. The van der Waals surface area contributed by atoms with Crippen molar-refractivity contribution in [2.75, 3.05) is 76.8 Å². The SMILES string of the molecule is C#CCOCCOCCOCCOCCN(Cc1ccccc1C(F)(F)F)c1nc(Cl)nc2c1cnn2C1CCC(COP(O)CP(O)O)O1. The summed E-state index contributed by atoms with van der Waals surface area (Å²) in [6.07, 6.45) is 2.14. The van der Waals surface area contributed by atoms with E-state index in [2.05, 4.69) is 21.0 Å². The number of fused-ring (bicyclic) bond motifs is 1. The minimum absolute atomic E-state index is 0.0315. The van der Waals surface area contributed by atoms with Crippen LogP contribution in [0.15, 0.2) is 30.5 Å². The van der Waals surface area contributed by atoms with E-state index in [-0.39, 0.29) is 68.7 Å². The Morgan fingerprint density at radius 3 is 2.36 bits per heavy atom. The maximum atomic E-state index is 14.0. The zero-order chi connectivity index (χ0) is 35.9. The van der Waals surface area contributed by atoms with Crippen molar-refractivity contribution in [2.24, 2.45) is 0 Å². The number of anilines is 1. The number of ether oxygens (including phenoxy) is 5. The van der Waals surface area contributed by atoms with E-state index in [0.717, 1.165) is 6.07 Å². The summed E-state index contributed by atoms with van der Waals surface area (Å²) in [5.41, 5.74) is -0.426. The minimum Gasteiger partial charge on any atom is -0.377 e. The Kier molecular flexibility index (Phi) is 16.7. The van der Waals surface area contributed by atoms with E-state index in [1.807, 2.05) is 0 Å². The van der Waals surface area contributed by atoms with E-state index in [1.165, 1.54) is 29.1 Å². The number of benzene rings is 1. The van der Waals surface area contributed by atoms with Gasteiger partial charge in [-0.1, -0.05) is 24.1 Å². The van der Waals surface area contributed by atoms with Gasteiger partial charge in [0.15, 0.2) is 28.6 Å². The molecular weight excluding hydrogens is 729 g/mol. The number of hydrogen-bond donors (Lipinski definition) is 3. The highest BCUT2D eigenvalue weighted by molar-refractivity contribution is 7.63. The molecule has 0 amide bonds. The lowest BCUT2D eigenvalue weighted by Gasteiger charge is -2.26. The molecule has 0 aliphatic carbocycles. The standard InChI is InChI=1S/C30H39ClF3N5O9P2/c1-2-10-43-12-14-45-16-17-46-15-13-44-11-9-38(19-22-5-3-4-6-25(22)30(32,33)34)27-24-18-35-39(28(24)37-29(31)36-27)26-8-7-23(48-26)20-47-50(42)21-49(40)41/h1,3-6,18,23,26,40-42H,7-17,19-21H2. The molecule has 3 atom stereocenters. The molecule has 0 bridgehead atoms. The summed E-state index contributed by atoms with van der Waals surface area (Å²) >= 11 is 6.38. The molecule has 50 heavy (non-hydrogen) atoms. The molecule has 1 fully saturated rings. The van der Waals surface area contributed by atoms with E-state index in [1.54, 1.807) is 4.90 Å². The molecule has 3 heterocycles. The van der Waals surface area contributed by atoms with Gasteiger partial charge in [-0.15, -0.1) is 6.42 Å². The Morgan fingerprint density at radius 1 is 1.00 bits per heavy atom. The van der Waals surface area contributed by atoms with Crippen LogP contribution in [0.2, 0.25) is 5.28 Å². The van der Waals surface area contributed by atoms with Crippen LogP contribution in [-0.4, -0.2) is 112 Å². The van der Waals surface area contributed by atoms with Crippen molar-refractivity contribution < 1.29 is 56.1 Å². The van der Waals surface area contributed by atoms with Crippen LogP contribution in [-0.2, 0) is 40.9 Å². The summed E-state index contributed by atoms with van der Waals surface area (Å²) in [7, 11) is -4.29. The van der Waals surface area contributed by atoms with Crippen LogP contribution in [0.5, 0.6) is 0 Å². The van der Waals surface area contributed by atoms with Crippen LogP contribution >= 0.6 is 28.4 Å². The van der Waals surface area contributed by atoms with Crippen LogP contribution in [0.25, 0.3) is 11.0 Å². The number of halogens is 4. The van der Waals surface area contributed by atoms with Crippen LogP contribution in [0.4, 0.5) is 19.0 Å². The summed E-state index contributed by atoms with van der Waals surface area (Å²) in [4.78, 5) is 38.5. The number of rotatable bonds is 22. The van der Waals surface area contributed by atoms with Gasteiger partial charge in [0.25, 0.3) is 0 Å². The molecule has 3 N–H and O–H groups in total. The van der Waals surface area contributed by atoms with E-state index >= 15 is 0 Å². The summed E-state index contributed by atoms with van der Waals surface area (Å²) in [6.45, 7) is 2.38. The number of hydrogen-bond acceptors (Lipinski definition) is 13. The first-order chi connectivity index (χ1) is 24.1. The van der Waals surface area contributed by atoms with Gasteiger partial charge < -0.3 is 47.8 Å². The third kappa shape index (κ3) is 12.7. The molecule has 0 spiro atoms. The Morgan fingerprint density at radius 2 is 1.68 bits per heavy atom. The first kappa shape index (κ1) is 40.5. The zero-order valence-electron chi connectivity index (χ0n) is 27.0. The van der Waals surface area contributed by atoms with Gasteiger partial charge in [0.1, 0.15) is 12.4 Å². The monoisotopic (exact) mass is 767 g/mol. The van der Waals surface area contributed by atoms with Crippen molar-refractivity contribution in [1.29, 1.82) is 0 Å². The average Bonchev–Trinajstić information content (AvgIpc) is 3.71. The highest BCUT2D eigenvalue weighted by Crippen LogP contribution is 2.44. The molecule has 1 aromatic carbocycles. The number of aromatic nitrogens is 4. The molecule has 4 rings (SSSR count). The van der Waals surface area contributed by atoms with Crippen LogP contribution in [0, 0.1) is 12.3 Å². The molecule has 276 valence electrons. The molecule has 0 saturated carbocycles. The van der Waals surface area contributed by atoms with Gasteiger partial charge in [-0.3, -0.25) is 0 Å². The molecule has 0 radical (unpaired) electrons. The molecular formula is C30H39ClF3N5O9P2. The second-order valence-corrected chi connectivity index (χ2v) is 13.9. The summed E-state index contributed by atoms with van der Waals surface area (Å²) in [5, 5.41) is 4.76. The first-order valence-electron chi connectivity index (χ1n) is 15.5. The maximum absolute atomic E-state index is 14.0. The topological polar surface area (TPSA) is 163 Å². The molecule has 1 aliphatic rings. The predicted octanol–water partition coefficient (Wildman–Crippen LogP) is 4.46. The van der Waals surface area contributed by atoms with Gasteiger partial charge in [-0.2, -0.15) is 28.2 Å². The number of nitrogens with zero attached hydrogens (tertiary/aromatic N) is 5. The normalized spacial score (nSPS) is 17.1. The highest BCUT2D eigenvalue weighted by atomic mass is 35.5. The quantitative estimate of drug-likeness (QED) is 0.0570. The maximum Gasteiger partial charge on any atom is 0.416 e. The van der Waals surface area contributed by atoms with E-state index < -0.39 is 40.8 Å². The number of terminal acetylenes is 1. The fraction of sp³-hybridized carbons (Fsp3) is 0.567. The molecule has 20 heteroatoms. The highest BCUT2D eigenvalue weighted by Gasteiger charge is 2.34. The molecule has 14 nitrogen and oxygen atoms in total. The lowest BCUT2D eigenvalue weighted by Crippen LogP contribution is -2.30. The van der Waals surface area contributed by atoms with Gasteiger partial charge in [0.2, 0.25) is 5.28 Å². The third-order valence-electron chi connectivity index (χ3n) is 7.21. The second kappa shape index (κ2) is 20.7. The third-order valence-corrected chi connectivity index (χ3v) is 9.81. The largest absolute Gasteiger partial charge is 0.416 e. The molecule has 3 aromatic rings. The molecule has 1 saturated heterocycles. The predicted molar refractivity (Wildman–Crippen MR) is 179 cm³/mol. The summed E-state index contributed by atoms with van der Waals surface area (Å²) < 4.78 is 76.6. The van der Waals surface area contributed by atoms with Crippen molar-refractivity contribution in [3.8, 4) is 12.3 Å². The van der Waals surface area contributed by atoms with Crippen LogP contribution in [0.3, 0.4) is 0 Å². The van der Waals surface area contributed by atoms with Gasteiger partial charge in [-0.05, 0) is 36.1 Å². The van der Waals surface area contributed by atoms with Gasteiger partial charge in [0, 0.05) is 13.1 Å². The second-order valence-electron chi connectivity index (χ2n) is 10.8. The fourth-order valence-corrected chi connectivity index (χ4v) is 6.70. The molecule has 3 unspecified atom stereocenters. The van der Waals surface area contributed by atoms with Gasteiger partial charge >= 0.3 is 6.18 Å². The van der Waals surface area contributed by atoms with E-state index in [4.69, 9.17) is 56.0 Å². The Bertz CT molecular complexity index is 1520. The smallest absolute Gasteiger partial charge is 0.377 e. The van der Waals surface area contributed by atoms with Crippen molar-refractivity contribution in [2.45, 2.75) is 37.9 Å². The van der Waals surface area contributed by atoms with Crippen molar-refractivity contribution in [3.05, 3.63) is 46.9 Å². The number of alkyl halides is 3. The average molecular weight is 768 g/mol. The van der Waals surface area contributed by atoms with Crippen molar-refractivity contribution in [3.63, 3.8) is 0 Å². The molecule has 1 aliphatic heterocycles. The van der Waals surface area contributed by atoms with E-state index in [9.17, 15) is 18.1 Å². The fourth-order valence-electron chi connectivity index (χ4n) is 5.01. The summed E-state index contributed by atoms with van der Waals surface area (Å²) in [6, 6.07) is 5.31.